The molecule has 1 aromatic carbocycles. The second-order valence-electron chi connectivity index (χ2n) is 7.18. The third-order valence-corrected chi connectivity index (χ3v) is 5.14. The Labute approximate surface area is 163 Å². The molecule has 0 aliphatic carbocycles. The molecule has 150 valence electrons. The molecule has 7 heteroatoms. The van der Waals surface area contributed by atoms with Gasteiger partial charge in [0.1, 0.15) is 5.69 Å². The molecular formula is C21H24F3N3O. The molecule has 2 heterocycles. The number of pyridine rings is 1. The van der Waals surface area contributed by atoms with Crippen molar-refractivity contribution >= 4 is 5.91 Å². The first-order valence-electron chi connectivity index (χ1n) is 9.36. The first-order chi connectivity index (χ1) is 13.3. The maximum absolute atomic E-state index is 12.8. The second kappa shape index (κ2) is 8.31. The largest absolute Gasteiger partial charge is 0.433 e. The van der Waals surface area contributed by atoms with E-state index in [1.54, 1.807) is 4.90 Å². The number of alkyl halides is 3. The summed E-state index contributed by atoms with van der Waals surface area (Å²) in [6.07, 6.45) is -3.68. The summed E-state index contributed by atoms with van der Waals surface area (Å²) < 4.78 is 38.4. The van der Waals surface area contributed by atoms with E-state index in [4.69, 9.17) is 0 Å². The normalized spacial score (nSPS) is 16.1. The molecule has 1 saturated heterocycles. The summed E-state index contributed by atoms with van der Waals surface area (Å²) in [6.45, 7) is 7.11. The van der Waals surface area contributed by atoms with Gasteiger partial charge in [-0.3, -0.25) is 9.69 Å². The summed E-state index contributed by atoms with van der Waals surface area (Å²) in [5.74, 6) is -0.253. The maximum atomic E-state index is 12.8. The van der Waals surface area contributed by atoms with Gasteiger partial charge in [-0.05, 0) is 43.5 Å². The molecule has 0 bridgehead atoms. The number of nitrogens with zero attached hydrogens (tertiary/aromatic N) is 3. The van der Waals surface area contributed by atoms with Gasteiger partial charge in [0, 0.05) is 32.7 Å². The number of aromatic nitrogens is 1. The van der Waals surface area contributed by atoms with Gasteiger partial charge in [0.2, 0.25) is 0 Å². The van der Waals surface area contributed by atoms with Crippen LogP contribution in [0.4, 0.5) is 13.2 Å². The average molecular weight is 391 g/mol. The molecule has 0 N–H and O–H groups in total. The van der Waals surface area contributed by atoms with Gasteiger partial charge < -0.3 is 4.90 Å². The van der Waals surface area contributed by atoms with Gasteiger partial charge in [-0.15, -0.1) is 0 Å². The molecule has 1 amide bonds. The fraction of sp³-hybridized carbons (Fsp3) is 0.429. The van der Waals surface area contributed by atoms with Crippen molar-refractivity contribution in [3.63, 3.8) is 0 Å². The summed E-state index contributed by atoms with van der Waals surface area (Å²) in [4.78, 5) is 20.5. The van der Waals surface area contributed by atoms with Crippen LogP contribution in [0.25, 0.3) is 0 Å². The standard InChI is InChI=1S/C21H24F3N3O/c1-15-6-3-4-7-17(15)14-26-10-5-11-27(13-12-26)20(28)18-8-9-19(21(22,23)24)25-16(18)2/h3-4,6-9H,5,10-14H2,1-2H3. The monoisotopic (exact) mass is 391 g/mol. The number of amides is 1. The maximum Gasteiger partial charge on any atom is 0.433 e. The minimum absolute atomic E-state index is 0.112. The van der Waals surface area contributed by atoms with E-state index in [-0.39, 0.29) is 17.2 Å². The lowest BCUT2D eigenvalue weighted by Gasteiger charge is -2.23. The number of carbonyl (C=O) groups excluding carboxylic acids is 1. The van der Waals surface area contributed by atoms with Crippen LogP contribution in [0.3, 0.4) is 0 Å². The molecule has 1 aliphatic rings. The molecular weight excluding hydrogens is 367 g/mol. The minimum Gasteiger partial charge on any atom is -0.337 e. The number of aryl methyl sites for hydroxylation is 2. The fourth-order valence-electron chi connectivity index (χ4n) is 3.48. The van der Waals surface area contributed by atoms with Crippen LogP contribution in [0.15, 0.2) is 36.4 Å². The van der Waals surface area contributed by atoms with Gasteiger partial charge in [-0.2, -0.15) is 13.2 Å². The van der Waals surface area contributed by atoms with Crippen molar-refractivity contribution in [3.05, 3.63) is 64.5 Å². The van der Waals surface area contributed by atoms with Crippen molar-refractivity contribution in [2.45, 2.75) is 33.0 Å². The van der Waals surface area contributed by atoms with E-state index in [0.717, 1.165) is 32.1 Å². The summed E-state index contributed by atoms with van der Waals surface area (Å²) in [6, 6.07) is 10.4. The Hall–Kier alpha value is -2.41. The Morgan fingerprint density at radius 1 is 1.04 bits per heavy atom. The predicted octanol–water partition coefficient (Wildman–Crippen LogP) is 4.07. The Balaban J connectivity index is 1.67. The van der Waals surface area contributed by atoms with Crippen molar-refractivity contribution in [2.75, 3.05) is 26.2 Å². The zero-order chi connectivity index (χ0) is 20.3. The van der Waals surface area contributed by atoms with Gasteiger partial charge in [-0.1, -0.05) is 24.3 Å². The first kappa shape index (κ1) is 20.3. The van der Waals surface area contributed by atoms with Crippen LogP contribution in [0.5, 0.6) is 0 Å². The lowest BCUT2D eigenvalue weighted by Crippen LogP contribution is -2.35. The Morgan fingerprint density at radius 3 is 2.46 bits per heavy atom. The van der Waals surface area contributed by atoms with E-state index >= 15 is 0 Å². The van der Waals surface area contributed by atoms with Gasteiger partial charge in [0.15, 0.2) is 0 Å². The van der Waals surface area contributed by atoms with E-state index in [1.165, 1.54) is 24.1 Å². The molecule has 2 aromatic rings. The summed E-state index contributed by atoms with van der Waals surface area (Å²) in [5, 5.41) is 0. The lowest BCUT2D eigenvalue weighted by molar-refractivity contribution is -0.141. The van der Waals surface area contributed by atoms with E-state index < -0.39 is 11.9 Å². The number of halogens is 3. The van der Waals surface area contributed by atoms with Crippen molar-refractivity contribution in [2.24, 2.45) is 0 Å². The zero-order valence-corrected chi connectivity index (χ0v) is 16.1. The van der Waals surface area contributed by atoms with Crippen LogP contribution in [0.1, 0.15) is 39.3 Å². The van der Waals surface area contributed by atoms with Crippen molar-refractivity contribution in [3.8, 4) is 0 Å². The van der Waals surface area contributed by atoms with Crippen LogP contribution < -0.4 is 0 Å². The van der Waals surface area contributed by atoms with Crippen molar-refractivity contribution in [1.82, 2.24) is 14.8 Å². The Morgan fingerprint density at radius 2 is 1.79 bits per heavy atom. The number of hydrogen-bond donors (Lipinski definition) is 0. The van der Waals surface area contributed by atoms with E-state index in [0.29, 0.717) is 13.1 Å². The van der Waals surface area contributed by atoms with Gasteiger partial charge in [0.25, 0.3) is 5.91 Å². The van der Waals surface area contributed by atoms with Crippen LogP contribution in [-0.2, 0) is 12.7 Å². The number of benzene rings is 1. The molecule has 0 saturated carbocycles. The molecule has 0 atom stereocenters. The lowest BCUT2D eigenvalue weighted by atomic mass is 10.1. The predicted molar refractivity (Wildman–Crippen MR) is 101 cm³/mol. The van der Waals surface area contributed by atoms with E-state index in [9.17, 15) is 18.0 Å². The average Bonchev–Trinajstić information content (AvgIpc) is 2.88. The minimum atomic E-state index is -4.51. The molecule has 4 nitrogen and oxygen atoms in total. The van der Waals surface area contributed by atoms with Gasteiger partial charge >= 0.3 is 6.18 Å². The molecule has 0 unspecified atom stereocenters. The SMILES string of the molecule is Cc1ccccc1CN1CCCN(C(=O)c2ccc(C(F)(F)F)nc2C)CC1. The van der Waals surface area contributed by atoms with E-state index in [2.05, 4.69) is 28.9 Å². The van der Waals surface area contributed by atoms with Gasteiger partial charge in [-0.25, -0.2) is 4.98 Å². The van der Waals surface area contributed by atoms with Crippen LogP contribution in [-0.4, -0.2) is 46.9 Å². The highest BCUT2D eigenvalue weighted by Gasteiger charge is 2.33. The van der Waals surface area contributed by atoms with Crippen LogP contribution in [0.2, 0.25) is 0 Å². The molecule has 1 fully saturated rings. The number of carbonyl (C=O) groups is 1. The highest BCUT2D eigenvalue weighted by molar-refractivity contribution is 5.95. The van der Waals surface area contributed by atoms with Crippen molar-refractivity contribution in [1.29, 1.82) is 0 Å². The summed E-state index contributed by atoms with van der Waals surface area (Å²) in [7, 11) is 0. The smallest absolute Gasteiger partial charge is 0.337 e. The van der Waals surface area contributed by atoms with Crippen LogP contribution in [0, 0.1) is 13.8 Å². The molecule has 28 heavy (non-hydrogen) atoms. The quantitative estimate of drug-likeness (QED) is 0.792. The Bertz CT molecular complexity index is 851. The fourth-order valence-corrected chi connectivity index (χ4v) is 3.48. The zero-order valence-electron chi connectivity index (χ0n) is 16.1. The first-order valence-corrected chi connectivity index (χ1v) is 9.36. The third kappa shape index (κ3) is 4.70. The molecule has 0 spiro atoms. The third-order valence-electron chi connectivity index (χ3n) is 5.14. The Kier molecular flexibility index (Phi) is 6.03. The molecule has 1 aliphatic heterocycles. The molecule has 3 rings (SSSR count). The van der Waals surface area contributed by atoms with Gasteiger partial charge in [0.05, 0.1) is 11.3 Å². The second-order valence-corrected chi connectivity index (χ2v) is 7.18. The van der Waals surface area contributed by atoms with Crippen molar-refractivity contribution < 1.29 is 18.0 Å². The van der Waals surface area contributed by atoms with E-state index in [1.807, 2.05) is 12.1 Å². The molecule has 1 aromatic heterocycles. The highest BCUT2D eigenvalue weighted by atomic mass is 19.4. The number of hydrogen-bond acceptors (Lipinski definition) is 3. The molecule has 0 radical (unpaired) electrons. The summed E-state index contributed by atoms with van der Waals surface area (Å²) in [5.41, 5.74) is 1.89. The van der Waals surface area contributed by atoms with Crippen LogP contribution >= 0.6 is 0 Å². The highest BCUT2D eigenvalue weighted by Crippen LogP contribution is 2.28. The summed E-state index contributed by atoms with van der Waals surface area (Å²) >= 11 is 0. The number of rotatable bonds is 3. The topological polar surface area (TPSA) is 36.4 Å².